The first-order valence-corrected chi connectivity index (χ1v) is 7.32. The van der Waals surface area contributed by atoms with E-state index >= 15 is 0 Å². The van der Waals surface area contributed by atoms with Gasteiger partial charge < -0.3 is 9.80 Å². The zero-order valence-corrected chi connectivity index (χ0v) is 13.0. The van der Waals surface area contributed by atoms with Crippen LogP contribution in [0.2, 0.25) is 0 Å². The number of nitrogens with zero attached hydrogens (tertiary/aromatic N) is 3. The summed E-state index contributed by atoms with van der Waals surface area (Å²) in [7, 11) is 2.05. The number of hydrogen-bond donors (Lipinski definition) is 2. The molecule has 0 saturated carbocycles. The highest BCUT2D eigenvalue weighted by Gasteiger charge is 2.16. The number of pyridine rings is 1. The number of nitrogens with one attached hydrogen (secondary N) is 1. The van der Waals surface area contributed by atoms with Gasteiger partial charge in [-0.1, -0.05) is 6.07 Å². The molecule has 1 aromatic rings. The van der Waals surface area contributed by atoms with E-state index in [0.29, 0.717) is 5.69 Å². The van der Waals surface area contributed by atoms with Crippen molar-refractivity contribution in [3.63, 3.8) is 0 Å². The summed E-state index contributed by atoms with van der Waals surface area (Å²) in [4.78, 5) is 31.1. The lowest BCUT2D eigenvalue weighted by molar-refractivity contribution is -0.127. The number of carbonyl (C=O) groups is 2. The Bertz CT molecular complexity index is 602. The van der Waals surface area contributed by atoms with Gasteiger partial charge in [0.2, 0.25) is 5.91 Å². The van der Waals surface area contributed by atoms with Crippen molar-refractivity contribution in [3.8, 4) is 0 Å². The van der Waals surface area contributed by atoms with Crippen molar-refractivity contribution in [1.82, 2.24) is 20.3 Å². The predicted molar refractivity (Wildman–Crippen MR) is 86.3 cm³/mol. The molecule has 0 aromatic carbocycles. The van der Waals surface area contributed by atoms with E-state index in [1.807, 2.05) is 11.9 Å². The summed E-state index contributed by atoms with van der Waals surface area (Å²) in [5.41, 5.74) is 2.89. The van der Waals surface area contributed by atoms with Gasteiger partial charge in [0, 0.05) is 44.5 Å². The Balaban J connectivity index is 1.91. The summed E-state index contributed by atoms with van der Waals surface area (Å²) in [6.07, 6.45) is 7.55. The van der Waals surface area contributed by atoms with Crippen LogP contribution in [0.15, 0.2) is 30.5 Å². The fourth-order valence-electron chi connectivity index (χ4n) is 2.11. The normalized spacial score (nSPS) is 16.2. The minimum atomic E-state index is -0.617. The van der Waals surface area contributed by atoms with E-state index in [-0.39, 0.29) is 5.91 Å². The Morgan fingerprint density at radius 3 is 2.52 bits per heavy atom. The first-order valence-electron chi connectivity index (χ1n) is 7.32. The van der Waals surface area contributed by atoms with E-state index in [0.717, 1.165) is 31.7 Å². The third kappa shape index (κ3) is 5.32. The topological polar surface area (TPSA) is 85.8 Å². The van der Waals surface area contributed by atoms with Crippen LogP contribution in [0, 0.1) is 0 Å². The monoisotopic (exact) mass is 316 g/mol. The Kier molecular flexibility index (Phi) is 6.02. The summed E-state index contributed by atoms with van der Waals surface area (Å²) in [6.45, 7) is 3.27. The Labute approximate surface area is 134 Å². The molecule has 23 heavy (non-hydrogen) atoms. The third-order valence-corrected chi connectivity index (χ3v) is 3.56. The molecule has 1 aliphatic rings. The van der Waals surface area contributed by atoms with Gasteiger partial charge in [-0.05, 0) is 30.8 Å². The molecule has 0 aliphatic carbocycles. The number of hydrogen-bond acceptors (Lipinski definition) is 5. The maximum Gasteiger partial charge on any atom is 0.267 e. The number of hydroxylamine groups is 1. The molecule has 0 bridgehead atoms. The minimum Gasteiger partial charge on any atom is -0.337 e. The van der Waals surface area contributed by atoms with Crippen LogP contribution < -0.4 is 5.48 Å². The van der Waals surface area contributed by atoms with Crippen molar-refractivity contribution in [2.75, 3.05) is 33.2 Å². The van der Waals surface area contributed by atoms with Gasteiger partial charge in [0.25, 0.3) is 5.91 Å². The van der Waals surface area contributed by atoms with E-state index in [9.17, 15) is 9.59 Å². The lowest BCUT2D eigenvalue weighted by Crippen LogP contribution is -2.46. The van der Waals surface area contributed by atoms with Crippen molar-refractivity contribution in [2.45, 2.75) is 0 Å². The number of rotatable bonds is 4. The van der Waals surface area contributed by atoms with Crippen LogP contribution in [0.1, 0.15) is 11.3 Å². The van der Waals surface area contributed by atoms with Crippen molar-refractivity contribution < 1.29 is 14.8 Å². The summed E-state index contributed by atoms with van der Waals surface area (Å²) < 4.78 is 0. The molecule has 1 aliphatic heterocycles. The van der Waals surface area contributed by atoms with Crippen LogP contribution in [-0.2, 0) is 9.59 Å². The highest BCUT2D eigenvalue weighted by Crippen LogP contribution is 2.06. The van der Waals surface area contributed by atoms with Gasteiger partial charge >= 0.3 is 0 Å². The van der Waals surface area contributed by atoms with Crippen LogP contribution >= 0.6 is 0 Å². The fourth-order valence-corrected chi connectivity index (χ4v) is 2.11. The Morgan fingerprint density at radius 2 is 1.91 bits per heavy atom. The number of aromatic nitrogens is 1. The summed E-state index contributed by atoms with van der Waals surface area (Å²) >= 11 is 0. The Hall–Kier alpha value is -2.51. The molecular weight excluding hydrogens is 296 g/mol. The third-order valence-electron chi connectivity index (χ3n) is 3.56. The maximum atomic E-state index is 12.1. The maximum absolute atomic E-state index is 12.1. The Morgan fingerprint density at radius 1 is 1.17 bits per heavy atom. The molecule has 1 saturated heterocycles. The van der Waals surface area contributed by atoms with Gasteiger partial charge in [-0.15, -0.1) is 0 Å². The van der Waals surface area contributed by atoms with E-state index < -0.39 is 5.91 Å². The highest BCUT2D eigenvalue weighted by atomic mass is 16.5. The molecule has 2 N–H and O–H groups in total. The lowest BCUT2D eigenvalue weighted by atomic mass is 10.2. The lowest BCUT2D eigenvalue weighted by Gasteiger charge is -2.31. The average molecular weight is 316 g/mol. The number of likely N-dealkylation sites (N-methyl/N-ethyl adjacent to an activating group) is 1. The summed E-state index contributed by atoms with van der Waals surface area (Å²) in [5.74, 6) is -0.616. The van der Waals surface area contributed by atoms with Crippen LogP contribution in [0.5, 0.6) is 0 Å². The summed E-state index contributed by atoms with van der Waals surface area (Å²) in [6, 6.07) is 3.53. The quantitative estimate of drug-likeness (QED) is 0.477. The van der Waals surface area contributed by atoms with Gasteiger partial charge in [0.1, 0.15) is 0 Å². The van der Waals surface area contributed by atoms with E-state index in [2.05, 4.69) is 9.88 Å². The molecule has 2 rings (SSSR count). The van der Waals surface area contributed by atoms with Crippen LogP contribution in [-0.4, -0.2) is 65.0 Å². The van der Waals surface area contributed by atoms with E-state index in [1.54, 1.807) is 30.5 Å². The predicted octanol–water partition coefficient (Wildman–Crippen LogP) is 0.387. The first-order chi connectivity index (χ1) is 11.1. The standard InChI is InChI=1S/C16H20N4O3/c1-19-8-10-20(11-9-19)16(22)7-3-13-2-4-14(17-12-13)5-6-15(21)18-23/h2-7,12,23H,8-11H2,1H3,(H,18,21)/b6-5?,7-3+. The molecule has 7 heteroatoms. The van der Waals surface area contributed by atoms with Crippen LogP contribution in [0.25, 0.3) is 12.2 Å². The number of carbonyl (C=O) groups excluding carboxylic acids is 2. The van der Waals surface area contributed by atoms with Crippen molar-refractivity contribution in [2.24, 2.45) is 0 Å². The van der Waals surface area contributed by atoms with Gasteiger partial charge in [-0.2, -0.15) is 0 Å². The molecule has 0 unspecified atom stereocenters. The molecule has 0 radical (unpaired) electrons. The second-order valence-electron chi connectivity index (χ2n) is 5.29. The van der Waals surface area contributed by atoms with Gasteiger partial charge in [0.05, 0.1) is 5.69 Å². The number of piperazine rings is 1. The molecule has 2 heterocycles. The molecule has 1 aromatic heterocycles. The smallest absolute Gasteiger partial charge is 0.267 e. The molecular formula is C16H20N4O3. The largest absolute Gasteiger partial charge is 0.337 e. The molecule has 1 fully saturated rings. The van der Waals surface area contributed by atoms with Crippen molar-refractivity contribution in [1.29, 1.82) is 0 Å². The van der Waals surface area contributed by atoms with Gasteiger partial charge in [-0.3, -0.25) is 19.8 Å². The minimum absolute atomic E-state index is 0.00156. The molecule has 122 valence electrons. The molecule has 0 atom stereocenters. The van der Waals surface area contributed by atoms with E-state index in [4.69, 9.17) is 5.21 Å². The van der Waals surface area contributed by atoms with E-state index in [1.165, 1.54) is 17.6 Å². The summed E-state index contributed by atoms with van der Waals surface area (Å²) in [5, 5.41) is 8.38. The SMILES string of the molecule is CN1CCN(C(=O)/C=C/c2ccc(C=CC(=O)NO)nc2)CC1. The second-order valence-corrected chi connectivity index (χ2v) is 5.29. The molecule has 2 amide bonds. The zero-order valence-electron chi connectivity index (χ0n) is 13.0. The van der Waals surface area contributed by atoms with Crippen LogP contribution in [0.4, 0.5) is 0 Å². The molecule has 0 spiro atoms. The highest BCUT2D eigenvalue weighted by molar-refractivity contribution is 5.92. The fraction of sp³-hybridized carbons (Fsp3) is 0.312. The van der Waals surface area contributed by atoms with Crippen molar-refractivity contribution in [3.05, 3.63) is 41.7 Å². The molecule has 7 nitrogen and oxygen atoms in total. The van der Waals surface area contributed by atoms with Crippen molar-refractivity contribution >= 4 is 24.0 Å². The first kappa shape index (κ1) is 16.9. The second kappa shape index (κ2) is 8.21. The van der Waals surface area contributed by atoms with Gasteiger partial charge in [0.15, 0.2) is 0 Å². The van der Waals surface area contributed by atoms with Gasteiger partial charge in [-0.25, -0.2) is 5.48 Å². The number of amides is 2. The zero-order chi connectivity index (χ0) is 16.7. The average Bonchev–Trinajstić information content (AvgIpc) is 2.59. The van der Waals surface area contributed by atoms with Crippen LogP contribution in [0.3, 0.4) is 0 Å².